The van der Waals surface area contributed by atoms with E-state index < -0.39 is 0 Å². The number of benzene rings is 1. The van der Waals surface area contributed by atoms with E-state index in [1.54, 1.807) is 12.4 Å². The number of hydrogen-bond donors (Lipinski definition) is 1. The van der Waals surface area contributed by atoms with Crippen LogP contribution in [0.5, 0.6) is 0 Å². The van der Waals surface area contributed by atoms with Crippen LogP contribution in [-0.2, 0) is 0 Å². The van der Waals surface area contributed by atoms with Crippen LogP contribution in [-0.4, -0.2) is 31.2 Å². The Balaban J connectivity index is 1.72. The molecule has 4 heteroatoms. The summed E-state index contributed by atoms with van der Waals surface area (Å²) >= 11 is 0. The molecule has 1 saturated heterocycles. The number of rotatable bonds is 2. The molecular weight excluding hydrogens is 248 g/mol. The predicted molar refractivity (Wildman–Crippen MR) is 84.3 cm³/mol. The van der Waals surface area contributed by atoms with E-state index in [4.69, 9.17) is 5.73 Å². The molecule has 0 atom stereocenters. The second-order valence-corrected chi connectivity index (χ2v) is 5.20. The van der Waals surface area contributed by atoms with Crippen molar-refractivity contribution in [3.05, 3.63) is 48.3 Å². The Hall–Kier alpha value is -2.23. The van der Waals surface area contributed by atoms with Crippen molar-refractivity contribution >= 4 is 17.1 Å². The Morgan fingerprint density at radius 1 is 0.950 bits per heavy atom. The summed E-state index contributed by atoms with van der Waals surface area (Å²) in [4.78, 5) is 8.84. The third kappa shape index (κ3) is 2.41. The first-order valence-electron chi connectivity index (χ1n) is 7.01. The summed E-state index contributed by atoms with van der Waals surface area (Å²) < 4.78 is 0. The molecule has 104 valence electrons. The van der Waals surface area contributed by atoms with Crippen LogP contribution in [0.4, 0.5) is 17.1 Å². The molecule has 2 heterocycles. The first-order chi connectivity index (χ1) is 9.75. The molecule has 2 N–H and O–H groups in total. The zero-order chi connectivity index (χ0) is 13.9. The van der Waals surface area contributed by atoms with Gasteiger partial charge in [0.25, 0.3) is 0 Å². The molecule has 1 aromatic carbocycles. The lowest BCUT2D eigenvalue weighted by Gasteiger charge is -2.38. The number of hydrogen-bond acceptors (Lipinski definition) is 4. The van der Waals surface area contributed by atoms with Gasteiger partial charge in [0.2, 0.25) is 0 Å². The average molecular weight is 268 g/mol. The van der Waals surface area contributed by atoms with Crippen LogP contribution in [0.1, 0.15) is 5.56 Å². The summed E-state index contributed by atoms with van der Waals surface area (Å²) in [6.45, 7) is 6.19. The van der Waals surface area contributed by atoms with E-state index in [1.807, 2.05) is 6.07 Å². The van der Waals surface area contributed by atoms with E-state index in [2.05, 4.69) is 46.0 Å². The van der Waals surface area contributed by atoms with Crippen LogP contribution in [0.15, 0.2) is 42.7 Å². The van der Waals surface area contributed by atoms with Gasteiger partial charge in [-0.1, -0.05) is 18.2 Å². The summed E-state index contributed by atoms with van der Waals surface area (Å²) in [6, 6.07) is 10.6. The first-order valence-corrected chi connectivity index (χ1v) is 7.01. The highest BCUT2D eigenvalue weighted by molar-refractivity contribution is 5.67. The largest absolute Gasteiger partial charge is 0.396 e. The van der Waals surface area contributed by atoms with Gasteiger partial charge in [0.05, 0.1) is 17.6 Å². The zero-order valence-corrected chi connectivity index (χ0v) is 11.8. The summed E-state index contributed by atoms with van der Waals surface area (Å²) in [7, 11) is 0. The number of nitrogen functional groups attached to an aromatic ring is 1. The highest BCUT2D eigenvalue weighted by atomic mass is 15.3. The van der Waals surface area contributed by atoms with E-state index in [0.29, 0.717) is 0 Å². The van der Waals surface area contributed by atoms with Gasteiger partial charge in [0.15, 0.2) is 0 Å². The minimum Gasteiger partial charge on any atom is -0.396 e. The molecular formula is C16H20N4. The fourth-order valence-corrected chi connectivity index (χ4v) is 2.79. The van der Waals surface area contributed by atoms with Gasteiger partial charge in [-0.15, -0.1) is 0 Å². The van der Waals surface area contributed by atoms with Crippen LogP contribution in [0.2, 0.25) is 0 Å². The Bertz CT molecular complexity index is 535. The minimum atomic E-state index is 0.761. The van der Waals surface area contributed by atoms with Gasteiger partial charge in [-0.05, 0) is 24.6 Å². The molecule has 0 radical (unpaired) electrons. The smallest absolute Gasteiger partial charge is 0.0738 e. The van der Waals surface area contributed by atoms with Gasteiger partial charge in [0, 0.05) is 38.1 Å². The number of pyridine rings is 1. The Labute approximate surface area is 119 Å². The molecule has 1 fully saturated rings. The molecule has 0 amide bonds. The fraction of sp³-hybridized carbons (Fsp3) is 0.312. The van der Waals surface area contributed by atoms with Crippen molar-refractivity contribution in [3.8, 4) is 0 Å². The van der Waals surface area contributed by atoms with E-state index in [0.717, 1.165) is 37.6 Å². The average Bonchev–Trinajstić information content (AvgIpc) is 2.49. The molecule has 1 aliphatic heterocycles. The van der Waals surface area contributed by atoms with Crippen LogP contribution in [0.3, 0.4) is 0 Å². The Morgan fingerprint density at radius 2 is 1.60 bits per heavy atom. The van der Waals surface area contributed by atoms with E-state index in [-0.39, 0.29) is 0 Å². The maximum absolute atomic E-state index is 6.00. The van der Waals surface area contributed by atoms with Crippen molar-refractivity contribution in [1.29, 1.82) is 0 Å². The van der Waals surface area contributed by atoms with E-state index in [9.17, 15) is 0 Å². The second-order valence-electron chi connectivity index (χ2n) is 5.20. The van der Waals surface area contributed by atoms with Crippen molar-refractivity contribution in [3.63, 3.8) is 0 Å². The standard InChI is InChI=1S/C16H20N4/c1-13-4-2-3-5-15(13)19-8-10-20(11-9-19)16-6-7-18-12-14(16)17/h2-7,12H,8-11,17H2,1H3. The number of piperazine rings is 1. The quantitative estimate of drug-likeness (QED) is 0.907. The lowest BCUT2D eigenvalue weighted by molar-refractivity contribution is 0.653. The predicted octanol–water partition coefficient (Wildman–Crippen LogP) is 2.30. The Morgan fingerprint density at radius 3 is 2.25 bits per heavy atom. The van der Waals surface area contributed by atoms with Crippen molar-refractivity contribution in [1.82, 2.24) is 4.98 Å². The van der Waals surface area contributed by atoms with Crippen molar-refractivity contribution in [2.45, 2.75) is 6.92 Å². The summed E-state index contributed by atoms with van der Waals surface area (Å²) in [5, 5.41) is 0. The molecule has 1 aromatic heterocycles. The maximum atomic E-state index is 6.00. The van der Waals surface area contributed by atoms with Crippen molar-refractivity contribution < 1.29 is 0 Å². The first kappa shape index (κ1) is 12.8. The fourth-order valence-electron chi connectivity index (χ4n) is 2.79. The summed E-state index contributed by atoms with van der Waals surface area (Å²) in [6.07, 6.45) is 3.53. The van der Waals surface area contributed by atoms with Gasteiger partial charge in [-0.2, -0.15) is 0 Å². The molecule has 1 aliphatic rings. The van der Waals surface area contributed by atoms with Gasteiger partial charge >= 0.3 is 0 Å². The monoisotopic (exact) mass is 268 g/mol. The van der Waals surface area contributed by atoms with Gasteiger partial charge in [0.1, 0.15) is 0 Å². The molecule has 0 unspecified atom stereocenters. The summed E-state index contributed by atoms with van der Waals surface area (Å²) in [5.74, 6) is 0. The van der Waals surface area contributed by atoms with Gasteiger partial charge in [-0.3, -0.25) is 4.98 Å². The number of aryl methyl sites for hydroxylation is 1. The number of aromatic nitrogens is 1. The molecule has 4 nitrogen and oxygen atoms in total. The third-order valence-corrected chi connectivity index (χ3v) is 3.90. The van der Waals surface area contributed by atoms with Crippen molar-refractivity contribution in [2.75, 3.05) is 41.7 Å². The van der Waals surface area contributed by atoms with Gasteiger partial charge in [-0.25, -0.2) is 0 Å². The van der Waals surface area contributed by atoms with Crippen LogP contribution >= 0.6 is 0 Å². The van der Waals surface area contributed by atoms with E-state index >= 15 is 0 Å². The number of anilines is 3. The minimum absolute atomic E-state index is 0.761. The summed E-state index contributed by atoms with van der Waals surface area (Å²) in [5.41, 5.74) is 10.5. The number of nitrogens with two attached hydrogens (primary N) is 1. The van der Waals surface area contributed by atoms with E-state index in [1.165, 1.54) is 11.3 Å². The van der Waals surface area contributed by atoms with Crippen molar-refractivity contribution in [2.24, 2.45) is 0 Å². The zero-order valence-electron chi connectivity index (χ0n) is 11.8. The highest BCUT2D eigenvalue weighted by Crippen LogP contribution is 2.25. The lowest BCUT2D eigenvalue weighted by atomic mass is 10.1. The molecule has 0 bridgehead atoms. The normalized spacial score (nSPS) is 15.4. The molecule has 2 aromatic rings. The SMILES string of the molecule is Cc1ccccc1N1CCN(c2ccncc2N)CC1. The molecule has 0 aliphatic carbocycles. The van der Waals surface area contributed by atoms with Crippen LogP contribution < -0.4 is 15.5 Å². The molecule has 0 spiro atoms. The number of para-hydroxylation sites is 1. The third-order valence-electron chi connectivity index (χ3n) is 3.90. The van der Waals surface area contributed by atoms with Crippen LogP contribution in [0.25, 0.3) is 0 Å². The number of nitrogens with zero attached hydrogens (tertiary/aromatic N) is 3. The second kappa shape index (κ2) is 5.41. The molecule has 3 rings (SSSR count). The van der Waals surface area contributed by atoms with Crippen LogP contribution in [0, 0.1) is 6.92 Å². The molecule has 0 saturated carbocycles. The maximum Gasteiger partial charge on any atom is 0.0738 e. The highest BCUT2D eigenvalue weighted by Gasteiger charge is 2.19. The van der Waals surface area contributed by atoms with Gasteiger partial charge < -0.3 is 15.5 Å². The molecule has 20 heavy (non-hydrogen) atoms. The topological polar surface area (TPSA) is 45.4 Å². The Kier molecular flexibility index (Phi) is 3.46. The lowest BCUT2D eigenvalue weighted by Crippen LogP contribution is -2.47.